The van der Waals surface area contributed by atoms with Crippen LogP contribution in [0.2, 0.25) is 0 Å². The van der Waals surface area contributed by atoms with Crippen LogP contribution in [0, 0.1) is 5.92 Å². The summed E-state index contributed by atoms with van der Waals surface area (Å²) in [5.74, 6) is -0.274. The van der Waals surface area contributed by atoms with Crippen molar-refractivity contribution in [2.24, 2.45) is 5.92 Å². The summed E-state index contributed by atoms with van der Waals surface area (Å²) in [5.41, 5.74) is 1.23. The van der Waals surface area contributed by atoms with E-state index >= 15 is 0 Å². The second-order valence-electron chi connectivity index (χ2n) is 6.22. The standard InChI is InChI=1S/C17H27N3O3/c1-3-12-13(4-2)19-20-17(23)15(12)16(22)18-14-9-7-5-6-8-11(14)10-21/h11,14,21H,3-10H2,1-2H3,(H,18,22)(H,20,23). The third kappa shape index (κ3) is 3.99. The molecule has 0 spiro atoms. The lowest BCUT2D eigenvalue weighted by molar-refractivity contribution is 0.0896. The number of nitrogens with zero attached hydrogens (tertiary/aromatic N) is 1. The summed E-state index contributed by atoms with van der Waals surface area (Å²) in [6, 6.07) is -0.0719. The Morgan fingerprint density at radius 2 is 2.00 bits per heavy atom. The average molecular weight is 321 g/mol. The highest BCUT2D eigenvalue weighted by atomic mass is 16.3. The van der Waals surface area contributed by atoms with E-state index in [2.05, 4.69) is 15.5 Å². The molecule has 0 radical (unpaired) electrons. The van der Waals surface area contributed by atoms with E-state index in [1.54, 1.807) is 0 Å². The van der Waals surface area contributed by atoms with E-state index in [9.17, 15) is 14.7 Å². The number of carbonyl (C=O) groups excluding carboxylic acids is 1. The predicted octanol–water partition coefficient (Wildman–Crippen LogP) is 1.57. The number of aromatic amines is 1. The molecule has 23 heavy (non-hydrogen) atoms. The number of H-pyrrole nitrogens is 1. The molecule has 1 aliphatic rings. The second kappa shape index (κ2) is 8.24. The molecule has 1 aliphatic carbocycles. The fourth-order valence-electron chi connectivity index (χ4n) is 3.47. The molecule has 1 aromatic heterocycles. The minimum atomic E-state index is -0.439. The van der Waals surface area contributed by atoms with Gasteiger partial charge in [0.2, 0.25) is 0 Å². The van der Waals surface area contributed by atoms with Gasteiger partial charge in [-0.1, -0.05) is 33.1 Å². The summed E-state index contributed by atoms with van der Waals surface area (Å²) in [6.45, 7) is 3.95. The van der Waals surface area contributed by atoms with Crippen LogP contribution in [0.25, 0.3) is 0 Å². The first-order valence-corrected chi connectivity index (χ1v) is 8.64. The molecule has 0 saturated heterocycles. The molecule has 1 amide bonds. The van der Waals surface area contributed by atoms with E-state index in [4.69, 9.17) is 0 Å². The number of aromatic nitrogens is 2. The minimum absolute atomic E-state index is 0.0677. The quantitative estimate of drug-likeness (QED) is 0.717. The van der Waals surface area contributed by atoms with Crippen molar-refractivity contribution in [2.75, 3.05) is 6.61 Å². The van der Waals surface area contributed by atoms with Gasteiger partial charge in [0, 0.05) is 18.6 Å². The summed E-state index contributed by atoms with van der Waals surface area (Å²) in [6.07, 6.45) is 6.26. The lowest BCUT2D eigenvalue weighted by Crippen LogP contribution is -2.43. The van der Waals surface area contributed by atoms with Crippen LogP contribution in [0.15, 0.2) is 4.79 Å². The summed E-state index contributed by atoms with van der Waals surface area (Å²) in [4.78, 5) is 24.9. The van der Waals surface area contributed by atoms with Gasteiger partial charge in [0.1, 0.15) is 5.56 Å². The van der Waals surface area contributed by atoms with Gasteiger partial charge in [-0.25, -0.2) is 5.10 Å². The number of aliphatic hydroxyl groups excluding tert-OH is 1. The first-order chi connectivity index (χ1) is 11.1. The largest absolute Gasteiger partial charge is 0.396 e. The number of carbonyl (C=O) groups is 1. The molecule has 1 saturated carbocycles. The molecular weight excluding hydrogens is 294 g/mol. The van der Waals surface area contributed by atoms with Crippen molar-refractivity contribution in [2.45, 2.75) is 64.8 Å². The lowest BCUT2D eigenvalue weighted by Gasteiger charge is -2.24. The Hall–Kier alpha value is -1.69. The molecule has 0 aliphatic heterocycles. The normalized spacial score (nSPS) is 21.7. The van der Waals surface area contributed by atoms with E-state index in [0.29, 0.717) is 12.8 Å². The molecule has 6 heteroatoms. The van der Waals surface area contributed by atoms with Crippen molar-refractivity contribution < 1.29 is 9.90 Å². The van der Waals surface area contributed by atoms with E-state index in [1.165, 1.54) is 0 Å². The van der Waals surface area contributed by atoms with Crippen molar-refractivity contribution in [3.8, 4) is 0 Å². The van der Waals surface area contributed by atoms with E-state index in [1.807, 2.05) is 13.8 Å². The Bertz CT molecular complexity index is 597. The maximum absolute atomic E-state index is 12.7. The molecular formula is C17H27N3O3. The highest BCUT2D eigenvalue weighted by molar-refractivity contribution is 5.95. The molecule has 0 aromatic carbocycles. The Morgan fingerprint density at radius 1 is 1.26 bits per heavy atom. The van der Waals surface area contributed by atoms with Crippen molar-refractivity contribution >= 4 is 5.91 Å². The Labute approximate surface area is 136 Å². The van der Waals surface area contributed by atoms with Gasteiger partial charge >= 0.3 is 0 Å². The Balaban J connectivity index is 2.28. The van der Waals surface area contributed by atoms with Crippen molar-refractivity contribution in [3.05, 3.63) is 27.2 Å². The molecule has 2 rings (SSSR count). The molecule has 2 unspecified atom stereocenters. The molecule has 6 nitrogen and oxygen atoms in total. The van der Waals surface area contributed by atoms with Crippen molar-refractivity contribution in [1.29, 1.82) is 0 Å². The number of aryl methyl sites for hydroxylation is 1. The Morgan fingerprint density at radius 3 is 2.65 bits per heavy atom. The summed E-state index contributed by atoms with van der Waals surface area (Å²) < 4.78 is 0. The van der Waals surface area contributed by atoms with Crippen LogP contribution in [-0.2, 0) is 12.8 Å². The van der Waals surface area contributed by atoms with Crippen LogP contribution in [0.5, 0.6) is 0 Å². The van der Waals surface area contributed by atoms with Crippen LogP contribution < -0.4 is 10.9 Å². The molecule has 1 fully saturated rings. The third-order valence-electron chi connectivity index (χ3n) is 4.80. The third-order valence-corrected chi connectivity index (χ3v) is 4.80. The van der Waals surface area contributed by atoms with Gasteiger partial charge < -0.3 is 10.4 Å². The molecule has 1 heterocycles. The average Bonchev–Trinajstić information content (AvgIpc) is 2.79. The summed E-state index contributed by atoms with van der Waals surface area (Å²) in [7, 11) is 0. The van der Waals surface area contributed by atoms with E-state index in [-0.39, 0.29) is 30.0 Å². The zero-order chi connectivity index (χ0) is 16.8. The smallest absolute Gasteiger partial charge is 0.277 e. The van der Waals surface area contributed by atoms with E-state index < -0.39 is 5.56 Å². The topological polar surface area (TPSA) is 95.1 Å². The SMILES string of the molecule is CCc1n[nH]c(=O)c(C(=O)NC2CCCCCC2CO)c1CC. The summed E-state index contributed by atoms with van der Waals surface area (Å²) >= 11 is 0. The van der Waals surface area contributed by atoms with Crippen LogP contribution in [0.3, 0.4) is 0 Å². The molecule has 0 bridgehead atoms. The van der Waals surface area contributed by atoms with E-state index in [0.717, 1.165) is 43.4 Å². The predicted molar refractivity (Wildman–Crippen MR) is 88.5 cm³/mol. The van der Waals surface area contributed by atoms with Crippen molar-refractivity contribution in [1.82, 2.24) is 15.5 Å². The number of hydrogen-bond donors (Lipinski definition) is 3. The van der Waals surface area contributed by atoms with Gasteiger partial charge in [-0.05, 0) is 31.2 Å². The highest BCUT2D eigenvalue weighted by Gasteiger charge is 2.27. The summed E-state index contributed by atoms with van der Waals surface area (Å²) in [5, 5.41) is 19.1. The lowest BCUT2D eigenvalue weighted by atomic mass is 9.95. The van der Waals surface area contributed by atoms with Gasteiger partial charge in [-0.15, -0.1) is 0 Å². The zero-order valence-electron chi connectivity index (χ0n) is 14.0. The van der Waals surface area contributed by atoms with Crippen molar-refractivity contribution in [3.63, 3.8) is 0 Å². The first-order valence-electron chi connectivity index (χ1n) is 8.64. The fraction of sp³-hybridized carbons (Fsp3) is 0.706. The number of nitrogens with one attached hydrogen (secondary N) is 2. The van der Waals surface area contributed by atoms with Gasteiger partial charge in [0.15, 0.2) is 0 Å². The molecule has 128 valence electrons. The molecule has 3 N–H and O–H groups in total. The first kappa shape index (κ1) is 17.7. The van der Waals surface area contributed by atoms with Crippen LogP contribution in [-0.4, -0.2) is 33.9 Å². The van der Waals surface area contributed by atoms with Gasteiger partial charge in [-0.3, -0.25) is 9.59 Å². The fourth-order valence-corrected chi connectivity index (χ4v) is 3.47. The zero-order valence-corrected chi connectivity index (χ0v) is 14.0. The second-order valence-corrected chi connectivity index (χ2v) is 6.22. The van der Waals surface area contributed by atoms with Crippen LogP contribution in [0.4, 0.5) is 0 Å². The Kier molecular flexibility index (Phi) is 6.33. The van der Waals surface area contributed by atoms with Gasteiger partial charge in [-0.2, -0.15) is 5.10 Å². The minimum Gasteiger partial charge on any atom is -0.396 e. The number of hydrogen-bond acceptors (Lipinski definition) is 4. The maximum atomic E-state index is 12.7. The number of rotatable bonds is 5. The van der Waals surface area contributed by atoms with Crippen LogP contribution >= 0.6 is 0 Å². The highest BCUT2D eigenvalue weighted by Crippen LogP contribution is 2.23. The van der Waals surface area contributed by atoms with Gasteiger partial charge in [0.05, 0.1) is 5.69 Å². The number of amides is 1. The maximum Gasteiger partial charge on any atom is 0.277 e. The van der Waals surface area contributed by atoms with Crippen LogP contribution in [0.1, 0.15) is 67.6 Å². The molecule has 2 atom stereocenters. The van der Waals surface area contributed by atoms with Gasteiger partial charge in [0.25, 0.3) is 11.5 Å². The monoisotopic (exact) mass is 321 g/mol. The molecule has 1 aromatic rings. The number of aliphatic hydroxyl groups is 1.